The van der Waals surface area contributed by atoms with E-state index < -0.39 is 5.41 Å². The van der Waals surface area contributed by atoms with Gasteiger partial charge in [-0.2, -0.15) is 0 Å². The summed E-state index contributed by atoms with van der Waals surface area (Å²) in [7, 11) is 0. The van der Waals surface area contributed by atoms with E-state index in [4.69, 9.17) is 9.97 Å². The molecule has 4 atom stereocenters. The highest BCUT2D eigenvalue weighted by Crippen LogP contribution is 2.58. The van der Waals surface area contributed by atoms with E-state index in [0.717, 1.165) is 138 Å². The van der Waals surface area contributed by atoms with Crippen LogP contribution in [0.15, 0.2) is 82.4 Å². The van der Waals surface area contributed by atoms with E-state index in [0.29, 0.717) is 124 Å². The summed E-state index contributed by atoms with van der Waals surface area (Å²) in [6.45, 7) is 18.4. The lowest BCUT2D eigenvalue weighted by Crippen LogP contribution is -2.43. The average molecular weight is 1140 g/mol. The van der Waals surface area contributed by atoms with Crippen LogP contribution < -0.4 is 11.1 Å². The minimum atomic E-state index is -0.530. The number of carbonyl (C=O) groups is 4. The second-order valence-electron chi connectivity index (χ2n) is 25.7. The maximum Gasteiger partial charge on any atom is 0.264 e. The van der Waals surface area contributed by atoms with Crippen LogP contribution in [0.25, 0.3) is 87.6 Å². The summed E-state index contributed by atoms with van der Waals surface area (Å²) in [5.41, 5.74) is 8.89. The number of hydrogen-bond donors (Lipinski definition) is 0. The van der Waals surface area contributed by atoms with Crippen LogP contribution in [0.3, 0.4) is 0 Å². The van der Waals surface area contributed by atoms with Crippen LogP contribution in [-0.4, -0.2) is 65.3 Å². The quantitative estimate of drug-likeness (QED) is 0.0544. The fourth-order valence-electron chi connectivity index (χ4n) is 15.9. The maximum atomic E-state index is 15.5. The largest absolute Gasteiger partial charge is 0.274 e. The van der Waals surface area contributed by atoms with Gasteiger partial charge in [0.2, 0.25) is 0 Å². The second-order valence-corrected chi connectivity index (χ2v) is 25.7. The first-order valence-corrected chi connectivity index (χ1v) is 32.5. The molecule has 4 amide bonds. The van der Waals surface area contributed by atoms with Gasteiger partial charge in [0.15, 0.2) is 0 Å². The van der Waals surface area contributed by atoms with Crippen molar-refractivity contribution in [3.8, 4) is 11.1 Å². The Morgan fingerprint density at radius 1 is 0.388 bits per heavy atom. The molecule has 13 rings (SSSR count). The number of imide groups is 2. The van der Waals surface area contributed by atoms with Crippen molar-refractivity contribution in [2.45, 2.75) is 176 Å². The molecule has 3 aliphatic rings. The molecule has 0 N–H and O–H groups in total. The fraction of sp³-hybridized carbons (Fsp3) is 0.452. The molecule has 6 aromatic carbocycles. The van der Waals surface area contributed by atoms with E-state index in [9.17, 15) is 19.2 Å². The second kappa shape index (κ2) is 22.0. The Morgan fingerprint density at radius 2 is 0.718 bits per heavy atom. The van der Waals surface area contributed by atoms with Gasteiger partial charge < -0.3 is 0 Å². The first-order chi connectivity index (χ1) is 41.3. The number of hydrogen-bond acceptors (Lipinski definition) is 8. The zero-order chi connectivity index (χ0) is 59.3. The van der Waals surface area contributed by atoms with Crippen LogP contribution in [0.5, 0.6) is 0 Å². The summed E-state index contributed by atoms with van der Waals surface area (Å²) >= 11 is 0. The van der Waals surface area contributed by atoms with Crippen molar-refractivity contribution in [1.29, 1.82) is 0 Å². The molecule has 6 heterocycles. The van der Waals surface area contributed by atoms with Crippen molar-refractivity contribution in [2.24, 2.45) is 23.7 Å². The van der Waals surface area contributed by atoms with E-state index in [1.54, 1.807) is 33.1 Å². The summed E-state index contributed by atoms with van der Waals surface area (Å²) in [6, 6.07) is 23.5. The number of nitrogens with zero attached hydrogens (tertiary/aromatic N) is 6. The average Bonchev–Trinajstić information content (AvgIpc) is 1.70. The highest BCUT2D eigenvalue weighted by molar-refractivity contribution is 6.33. The number of rotatable bonds is 24. The Kier molecular flexibility index (Phi) is 14.7. The minimum Gasteiger partial charge on any atom is -0.274 e. The Bertz CT molecular complexity index is 4180. The molecule has 12 heteroatoms. The fourth-order valence-corrected chi connectivity index (χ4v) is 15.9. The van der Waals surface area contributed by atoms with E-state index >= 15 is 9.59 Å². The Hall–Kier alpha value is -7.60. The standard InChI is InChI=1S/C73H80N6O6/c1-9-17-21-41(13-5)37-73(38-42(14-6)22-18-10-2)55-35-59-57(74-65-45-25-27-47-63-49(29-31-51(61(45)63)71(84)78(59)65)69(82)76(67(47)80)39-43(15-7)23-19-11-3)33-53(55)54-34-58-60(36-56(54)73)79-66(75-58)46-26-28-48-64-50(30-32-52(62(46)64)72(79)85)70(83)77(68(48)81)40-44(16-8)24-20-12-4/h25-36,41-44H,9-24,37-40H2,1-8H3. The number of amides is 4. The van der Waals surface area contributed by atoms with Gasteiger partial charge in [0, 0.05) is 83.8 Å². The zero-order valence-electron chi connectivity index (χ0n) is 51.0. The topological polar surface area (TPSA) is 144 Å². The van der Waals surface area contributed by atoms with Gasteiger partial charge in [-0.3, -0.25) is 47.4 Å². The van der Waals surface area contributed by atoms with Crippen LogP contribution >= 0.6 is 0 Å². The first kappa shape index (κ1) is 56.5. The van der Waals surface area contributed by atoms with Gasteiger partial charge in [-0.15, -0.1) is 0 Å². The van der Waals surface area contributed by atoms with Gasteiger partial charge in [-0.1, -0.05) is 145 Å². The Balaban J connectivity index is 1.03. The van der Waals surface area contributed by atoms with Crippen molar-refractivity contribution in [3.63, 3.8) is 0 Å². The molecular weight excluding hydrogens is 1060 g/mol. The molecule has 0 fully saturated rings. The molecular formula is C73H80N6O6. The SMILES string of the molecule is CCCCC(CC)CN1C(=O)c2ccc3c(=O)n4c5cc6c(cc5nc4c4ccc(c2c34)C1=O)-c1cc2nc3c4ccc5c7c(ccc(c(=O)n3c2cc1C6(CC(CC)CCCC)CC(CC)CCCC)c74)C(=O)N(CC(CC)CCCC)C5=O. The summed E-state index contributed by atoms with van der Waals surface area (Å²) in [5.74, 6) is -0.106. The van der Waals surface area contributed by atoms with Crippen LogP contribution in [-0.2, 0) is 5.41 Å². The third-order valence-corrected chi connectivity index (χ3v) is 20.8. The Morgan fingerprint density at radius 3 is 1.05 bits per heavy atom. The molecule has 0 saturated heterocycles. The van der Waals surface area contributed by atoms with Gasteiger partial charge >= 0.3 is 0 Å². The van der Waals surface area contributed by atoms with Crippen LogP contribution in [0.1, 0.15) is 224 Å². The lowest BCUT2D eigenvalue weighted by Gasteiger charge is -2.38. The van der Waals surface area contributed by atoms with Crippen molar-refractivity contribution in [1.82, 2.24) is 28.6 Å². The van der Waals surface area contributed by atoms with Crippen LogP contribution in [0, 0.1) is 23.7 Å². The lowest BCUT2D eigenvalue weighted by atomic mass is 9.65. The number of carbonyl (C=O) groups excluding carboxylic acids is 4. The summed E-state index contributed by atoms with van der Waals surface area (Å²) in [6.07, 6.45) is 18.1. The highest BCUT2D eigenvalue weighted by atomic mass is 16.2. The van der Waals surface area contributed by atoms with Gasteiger partial charge in [-0.05, 0) is 144 Å². The summed E-state index contributed by atoms with van der Waals surface area (Å²) in [4.78, 5) is 102. The molecule has 85 heavy (non-hydrogen) atoms. The molecule has 438 valence electrons. The van der Waals surface area contributed by atoms with Crippen LogP contribution in [0.4, 0.5) is 0 Å². The van der Waals surface area contributed by atoms with Crippen LogP contribution in [0.2, 0.25) is 0 Å². The molecule has 1 aliphatic carbocycles. The molecule has 0 spiro atoms. The number of pyridine rings is 2. The van der Waals surface area contributed by atoms with Crippen molar-refractivity contribution in [3.05, 3.63) is 127 Å². The lowest BCUT2D eigenvalue weighted by molar-refractivity contribution is 0.0565. The first-order valence-electron chi connectivity index (χ1n) is 32.5. The normalized spacial score (nSPS) is 17.4. The molecule has 0 radical (unpaired) electrons. The van der Waals surface area contributed by atoms with E-state index in [1.807, 2.05) is 24.3 Å². The number of benzene rings is 6. The monoisotopic (exact) mass is 1140 g/mol. The maximum absolute atomic E-state index is 15.5. The van der Waals surface area contributed by atoms with E-state index in [1.165, 1.54) is 9.80 Å². The number of imidazole rings is 2. The molecule has 0 saturated carbocycles. The van der Waals surface area contributed by atoms with Crippen molar-refractivity contribution in [2.75, 3.05) is 13.1 Å². The summed E-state index contributed by atoms with van der Waals surface area (Å²) < 4.78 is 3.55. The Labute approximate surface area is 496 Å². The number of unbranched alkanes of at least 4 members (excludes halogenated alkanes) is 4. The zero-order valence-corrected chi connectivity index (χ0v) is 51.0. The van der Waals surface area contributed by atoms with Gasteiger partial charge in [0.05, 0.1) is 22.1 Å². The van der Waals surface area contributed by atoms with Gasteiger partial charge in [0.25, 0.3) is 34.7 Å². The number of fused-ring (bicyclic) bond motifs is 11. The molecule has 12 nitrogen and oxygen atoms in total. The third kappa shape index (κ3) is 8.55. The van der Waals surface area contributed by atoms with Crippen molar-refractivity contribution < 1.29 is 19.2 Å². The minimum absolute atomic E-state index is 0.202. The predicted molar refractivity (Wildman–Crippen MR) is 343 cm³/mol. The molecule has 2 aliphatic heterocycles. The smallest absolute Gasteiger partial charge is 0.264 e. The summed E-state index contributed by atoms with van der Waals surface area (Å²) in [5, 5.41) is 4.58. The molecule has 4 unspecified atom stereocenters. The van der Waals surface area contributed by atoms with Crippen molar-refractivity contribution >= 4 is 100 Å². The van der Waals surface area contributed by atoms with E-state index in [2.05, 4.69) is 79.7 Å². The molecule has 0 bridgehead atoms. The molecule has 10 aromatic rings. The highest BCUT2D eigenvalue weighted by Gasteiger charge is 2.47. The predicted octanol–water partition coefficient (Wildman–Crippen LogP) is 16.6. The van der Waals surface area contributed by atoms with Gasteiger partial charge in [-0.25, -0.2) is 9.97 Å². The number of aromatic nitrogens is 4. The molecule has 4 aromatic heterocycles. The van der Waals surface area contributed by atoms with E-state index in [-0.39, 0.29) is 46.6 Å². The third-order valence-electron chi connectivity index (χ3n) is 20.8. The van der Waals surface area contributed by atoms with Gasteiger partial charge in [0.1, 0.15) is 11.3 Å².